The lowest BCUT2D eigenvalue weighted by atomic mass is 10.2. The van der Waals surface area contributed by atoms with E-state index in [9.17, 15) is 18.0 Å². The summed E-state index contributed by atoms with van der Waals surface area (Å²) >= 11 is 3.03. The van der Waals surface area contributed by atoms with Crippen LogP contribution in [0.25, 0.3) is 0 Å². The molecule has 1 heterocycles. The normalized spacial score (nSPS) is 13.8. The molecule has 0 aliphatic heterocycles. The van der Waals surface area contributed by atoms with Crippen molar-refractivity contribution in [1.82, 2.24) is 4.57 Å². The van der Waals surface area contributed by atoms with E-state index in [-0.39, 0.29) is 5.69 Å². The molecule has 1 unspecified atom stereocenters. The molecule has 1 rings (SSSR count). The predicted octanol–water partition coefficient (Wildman–Crippen LogP) is 3.46. The molecule has 1 aromatic heterocycles. The van der Waals surface area contributed by atoms with Gasteiger partial charge in [0.15, 0.2) is 0 Å². The molecule has 7 heteroatoms. The molecule has 0 aromatic carbocycles. The number of rotatable bonds is 3. The Balaban J connectivity index is 2.99. The van der Waals surface area contributed by atoms with Crippen molar-refractivity contribution in [3.05, 3.63) is 22.4 Å². The fourth-order valence-corrected chi connectivity index (χ4v) is 1.85. The van der Waals surface area contributed by atoms with Crippen LogP contribution in [-0.4, -0.2) is 21.8 Å². The lowest BCUT2D eigenvalue weighted by molar-refractivity contribution is -0.141. The number of nitrogens with zero attached hydrogens (tertiary/aromatic N) is 1. The predicted molar refractivity (Wildman–Crippen MR) is 54.5 cm³/mol. The van der Waals surface area contributed by atoms with Gasteiger partial charge in [-0.1, -0.05) is 0 Å². The molecule has 3 nitrogen and oxygen atoms in total. The SMILES string of the molecule is CC(CC(F)(F)F)n1cc(Br)cc1C(=O)O. The maximum atomic E-state index is 12.2. The standard InChI is InChI=1S/C9H9BrF3NO2/c1-5(3-9(11,12)13)14-4-6(10)2-7(14)8(15)16/h2,4-5H,3H2,1H3,(H,15,16). The highest BCUT2D eigenvalue weighted by Crippen LogP contribution is 2.29. The van der Waals surface area contributed by atoms with Crippen molar-refractivity contribution < 1.29 is 23.1 Å². The summed E-state index contributed by atoms with van der Waals surface area (Å²) in [5, 5.41) is 8.80. The summed E-state index contributed by atoms with van der Waals surface area (Å²) in [6, 6.07) is 0.326. The fourth-order valence-electron chi connectivity index (χ4n) is 1.41. The van der Waals surface area contributed by atoms with Gasteiger partial charge in [0.25, 0.3) is 0 Å². The third kappa shape index (κ3) is 3.26. The average molecular weight is 300 g/mol. The summed E-state index contributed by atoms with van der Waals surface area (Å²) in [7, 11) is 0. The van der Waals surface area contributed by atoms with Crippen LogP contribution in [0.1, 0.15) is 29.9 Å². The minimum atomic E-state index is -4.31. The lowest BCUT2D eigenvalue weighted by Crippen LogP contribution is -2.19. The van der Waals surface area contributed by atoms with Crippen LogP contribution in [0.15, 0.2) is 16.7 Å². The van der Waals surface area contributed by atoms with Gasteiger partial charge in [-0.2, -0.15) is 13.2 Å². The zero-order valence-electron chi connectivity index (χ0n) is 8.25. The van der Waals surface area contributed by atoms with Gasteiger partial charge in [0.05, 0.1) is 6.42 Å². The highest BCUT2D eigenvalue weighted by atomic mass is 79.9. The molecule has 90 valence electrons. The van der Waals surface area contributed by atoms with Crippen LogP contribution in [0.4, 0.5) is 13.2 Å². The Kier molecular flexibility index (Phi) is 3.67. The van der Waals surface area contributed by atoms with Crippen molar-refractivity contribution in [2.24, 2.45) is 0 Å². The highest BCUT2D eigenvalue weighted by molar-refractivity contribution is 9.10. The molecule has 1 N–H and O–H groups in total. The third-order valence-electron chi connectivity index (χ3n) is 2.04. The fraction of sp³-hybridized carbons (Fsp3) is 0.444. The van der Waals surface area contributed by atoms with E-state index in [1.54, 1.807) is 0 Å². The number of alkyl halides is 3. The molecule has 1 atom stereocenters. The van der Waals surface area contributed by atoms with Crippen LogP contribution in [0.3, 0.4) is 0 Å². The number of aromatic nitrogens is 1. The summed E-state index contributed by atoms with van der Waals surface area (Å²) in [6.07, 6.45) is -4.04. The molecule has 0 bridgehead atoms. The van der Waals surface area contributed by atoms with E-state index in [2.05, 4.69) is 15.9 Å². The maximum absolute atomic E-state index is 12.2. The van der Waals surface area contributed by atoms with Gasteiger partial charge in [-0.15, -0.1) is 0 Å². The van der Waals surface area contributed by atoms with E-state index >= 15 is 0 Å². The number of carbonyl (C=O) groups is 1. The first kappa shape index (κ1) is 13.1. The van der Waals surface area contributed by atoms with Gasteiger partial charge in [-0.3, -0.25) is 0 Å². The van der Waals surface area contributed by atoms with Gasteiger partial charge in [0.2, 0.25) is 0 Å². The topological polar surface area (TPSA) is 42.2 Å². The molecule has 0 aliphatic carbocycles. The van der Waals surface area contributed by atoms with E-state index in [1.807, 2.05) is 0 Å². The first-order valence-electron chi connectivity index (χ1n) is 4.38. The van der Waals surface area contributed by atoms with Crippen molar-refractivity contribution >= 4 is 21.9 Å². The summed E-state index contributed by atoms with van der Waals surface area (Å²) < 4.78 is 38.0. The van der Waals surface area contributed by atoms with E-state index < -0.39 is 24.6 Å². The molecule has 0 saturated heterocycles. The molecule has 0 radical (unpaired) electrons. The van der Waals surface area contributed by atoms with Crippen molar-refractivity contribution in [2.75, 3.05) is 0 Å². The van der Waals surface area contributed by atoms with Gasteiger partial charge >= 0.3 is 12.1 Å². The molecular formula is C9H9BrF3NO2. The summed E-state index contributed by atoms with van der Waals surface area (Å²) in [5.41, 5.74) is -0.163. The monoisotopic (exact) mass is 299 g/mol. The molecule has 0 spiro atoms. The first-order chi connectivity index (χ1) is 7.20. The van der Waals surface area contributed by atoms with E-state index in [4.69, 9.17) is 5.11 Å². The quantitative estimate of drug-likeness (QED) is 0.929. The van der Waals surface area contributed by atoms with Crippen molar-refractivity contribution in [1.29, 1.82) is 0 Å². The van der Waals surface area contributed by atoms with E-state index in [0.717, 1.165) is 4.57 Å². The van der Waals surface area contributed by atoms with Crippen LogP contribution in [-0.2, 0) is 0 Å². The summed E-state index contributed by atoms with van der Waals surface area (Å²) in [6.45, 7) is 1.33. The second-order valence-electron chi connectivity index (χ2n) is 3.42. The maximum Gasteiger partial charge on any atom is 0.391 e. The second-order valence-corrected chi connectivity index (χ2v) is 4.34. The van der Waals surface area contributed by atoms with Gasteiger partial charge < -0.3 is 9.67 Å². The number of hydrogen-bond donors (Lipinski definition) is 1. The highest BCUT2D eigenvalue weighted by Gasteiger charge is 2.31. The Morgan fingerprint density at radius 2 is 2.19 bits per heavy atom. The van der Waals surface area contributed by atoms with Gasteiger partial charge in [-0.25, -0.2) is 4.79 Å². The summed E-state index contributed by atoms with van der Waals surface area (Å²) in [5.74, 6) is -1.25. The number of halogens is 4. The van der Waals surface area contributed by atoms with Crippen molar-refractivity contribution in [3.8, 4) is 0 Å². The van der Waals surface area contributed by atoms with Gasteiger partial charge in [0.1, 0.15) is 5.69 Å². The molecule has 0 amide bonds. The van der Waals surface area contributed by atoms with Crippen LogP contribution in [0, 0.1) is 0 Å². The zero-order chi connectivity index (χ0) is 12.5. The molecular weight excluding hydrogens is 291 g/mol. The zero-order valence-corrected chi connectivity index (χ0v) is 9.84. The number of carboxylic acids is 1. The first-order valence-corrected chi connectivity index (χ1v) is 5.17. The number of carboxylic acid groups (broad SMARTS) is 1. The van der Waals surface area contributed by atoms with Gasteiger partial charge in [0, 0.05) is 16.7 Å². The molecule has 16 heavy (non-hydrogen) atoms. The van der Waals surface area contributed by atoms with Crippen LogP contribution < -0.4 is 0 Å². The summed E-state index contributed by atoms with van der Waals surface area (Å²) in [4.78, 5) is 10.8. The molecule has 0 fully saturated rings. The Hall–Kier alpha value is -0.980. The Morgan fingerprint density at radius 1 is 1.62 bits per heavy atom. The van der Waals surface area contributed by atoms with E-state index in [1.165, 1.54) is 19.2 Å². The molecule has 1 aromatic rings. The van der Waals surface area contributed by atoms with Crippen LogP contribution in [0.2, 0.25) is 0 Å². The minimum absolute atomic E-state index is 0.163. The Labute approximate surface area is 98.0 Å². The van der Waals surface area contributed by atoms with Crippen LogP contribution in [0.5, 0.6) is 0 Å². The smallest absolute Gasteiger partial charge is 0.391 e. The Bertz CT molecular complexity index is 400. The largest absolute Gasteiger partial charge is 0.477 e. The second kappa shape index (κ2) is 4.48. The number of aromatic carboxylic acids is 1. The minimum Gasteiger partial charge on any atom is -0.477 e. The molecule has 0 aliphatic rings. The molecule has 0 saturated carbocycles. The van der Waals surface area contributed by atoms with Crippen LogP contribution >= 0.6 is 15.9 Å². The number of hydrogen-bond acceptors (Lipinski definition) is 1. The average Bonchev–Trinajstić information content (AvgIpc) is 2.44. The Morgan fingerprint density at radius 3 is 2.62 bits per heavy atom. The van der Waals surface area contributed by atoms with Gasteiger partial charge in [-0.05, 0) is 28.9 Å². The van der Waals surface area contributed by atoms with Crippen molar-refractivity contribution in [2.45, 2.75) is 25.6 Å². The van der Waals surface area contributed by atoms with E-state index in [0.29, 0.717) is 4.47 Å². The van der Waals surface area contributed by atoms with Crippen molar-refractivity contribution in [3.63, 3.8) is 0 Å². The third-order valence-corrected chi connectivity index (χ3v) is 2.47. The lowest BCUT2D eigenvalue weighted by Gasteiger charge is -2.17.